The van der Waals surface area contributed by atoms with Crippen LogP contribution in [0.3, 0.4) is 0 Å². The van der Waals surface area contributed by atoms with Crippen molar-refractivity contribution in [2.75, 3.05) is 9.80 Å². The first-order valence-corrected chi connectivity index (χ1v) is 28.4. The van der Waals surface area contributed by atoms with E-state index in [-0.39, 0.29) is 16.7 Å². The SMILES string of the molecule is Cc1ccccc1N(c1ccc2cc3c(cc2c1)oc1c3cc(C(C)C)c2c3cc4ccc(N(c5ccccc5C)c5cccc6c5oc5c(C(C)(C)C)cccc56)cc4cc3oc12)c1cccc2c1oc1c(C(C)(C)C)cccc12. The Morgan fingerprint density at radius 3 is 1.25 bits per heavy atom. The van der Waals surface area contributed by atoms with Crippen LogP contribution in [0.25, 0.3) is 109 Å². The van der Waals surface area contributed by atoms with E-state index in [4.69, 9.17) is 17.7 Å². The number of hydrogen-bond acceptors (Lipinski definition) is 6. The summed E-state index contributed by atoms with van der Waals surface area (Å²) in [7, 11) is 0. The molecule has 0 bridgehead atoms. The molecule has 4 heterocycles. The van der Waals surface area contributed by atoms with Crippen molar-refractivity contribution in [1.29, 1.82) is 0 Å². The second-order valence-electron chi connectivity index (χ2n) is 24.8. The summed E-state index contributed by atoms with van der Waals surface area (Å²) in [5.41, 5.74) is 18.7. The lowest BCUT2D eigenvalue weighted by Crippen LogP contribution is -2.11. The predicted molar refractivity (Wildman–Crippen MR) is 341 cm³/mol. The molecule has 0 aliphatic carbocycles. The van der Waals surface area contributed by atoms with Gasteiger partial charge in [-0.1, -0.05) is 165 Å². The van der Waals surface area contributed by atoms with Crippen molar-refractivity contribution >= 4 is 143 Å². The number of anilines is 6. The Bertz CT molecular complexity index is 5100. The summed E-state index contributed by atoms with van der Waals surface area (Å²) in [5.74, 6) is 0.218. The van der Waals surface area contributed by atoms with Crippen LogP contribution in [0.15, 0.2) is 206 Å². The maximum Gasteiger partial charge on any atom is 0.178 e. The van der Waals surface area contributed by atoms with Crippen molar-refractivity contribution in [3.63, 3.8) is 0 Å². The van der Waals surface area contributed by atoms with Crippen LogP contribution in [0.5, 0.6) is 0 Å². The topological polar surface area (TPSA) is 59.0 Å². The summed E-state index contributed by atoms with van der Waals surface area (Å²) < 4.78 is 28.2. The molecule has 0 saturated heterocycles. The first-order chi connectivity index (χ1) is 39.1. The maximum atomic E-state index is 7.12. The van der Waals surface area contributed by atoms with Crippen molar-refractivity contribution in [3.8, 4) is 0 Å². The van der Waals surface area contributed by atoms with Gasteiger partial charge in [-0.2, -0.15) is 0 Å². The lowest BCUT2D eigenvalue weighted by molar-refractivity contribution is 0.572. The Kier molecular flexibility index (Phi) is 10.6. The van der Waals surface area contributed by atoms with Gasteiger partial charge in [-0.15, -0.1) is 0 Å². The van der Waals surface area contributed by atoms with Crippen molar-refractivity contribution in [2.45, 2.75) is 86.0 Å². The van der Waals surface area contributed by atoms with Gasteiger partial charge in [-0.25, -0.2) is 0 Å². The Labute approximate surface area is 470 Å². The average molecular weight is 1060 g/mol. The third-order valence-electron chi connectivity index (χ3n) is 17.1. The molecule has 0 N–H and O–H groups in total. The van der Waals surface area contributed by atoms with Crippen LogP contribution in [0.4, 0.5) is 34.1 Å². The molecule has 6 heteroatoms. The average Bonchev–Trinajstić information content (AvgIpc) is 3.87. The molecule has 81 heavy (non-hydrogen) atoms. The molecule has 0 amide bonds. The van der Waals surface area contributed by atoms with Crippen LogP contribution < -0.4 is 9.80 Å². The van der Waals surface area contributed by atoms with Crippen molar-refractivity contribution in [2.24, 2.45) is 0 Å². The van der Waals surface area contributed by atoms with Gasteiger partial charge in [0.25, 0.3) is 0 Å². The molecule has 6 nitrogen and oxygen atoms in total. The molecule has 4 aromatic heterocycles. The highest BCUT2D eigenvalue weighted by Crippen LogP contribution is 2.50. The van der Waals surface area contributed by atoms with E-state index >= 15 is 0 Å². The molecule has 15 rings (SSSR count). The largest absolute Gasteiger partial charge is 0.454 e. The quantitative estimate of drug-likeness (QED) is 0.159. The van der Waals surface area contributed by atoms with Gasteiger partial charge in [0.05, 0.1) is 11.4 Å². The zero-order chi connectivity index (χ0) is 55.4. The second-order valence-corrected chi connectivity index (χ2v) is 24.8. The lowest BCUT2D eigenvalue weighted by Gasteiger charge is -2.27. The minimum atomic E-state index is -0.0902. The van der Waals surface area contributed by atoms with Gasteiger partial charge in [0.2, 0.25) is 0 Å². The van der Waals surface area contributed by atoms with E-state index in [2.05, 4.69) is 267 Å². The van der Waals surface area contributed by atoms with Crippen LogP contribution in [0.2, 0.25) is 0 Å². The van der Waals surface area contributed by atoms with Gasteiger partial charge in [0.15, 0.2) is 22.3 Å². The summed E-state index contributed by atoms with van der Waals surface area (Å²) in [5, 5.41) is 13.1. The highest BCUT2D eigenvalue weighted by Gasteiger charge is 2.28. The third-order valence-corrected chi connectivity index (χ3v) is 17.1. The Morgan fingerprint density at radius 1 is 0.333 bits per heavy atom. The Balaban J connectivity index is 0.882. The van der Waals surface area contributed by atoms with Crippen LogP contribution in [0, 0.1) is 13.8 Å². The van der Waals surface area contributed by atoms with Crippen LogP contribution >= 0.6 is 0 Å². The monoisotopic (exact) mass is 1050 g/mol. The van der Waals surface area contributed by atoms with E-state index in [1.54, 1.807) is 0 Å². The summed E-state index contributed by atoms with van der Waals surface area (Å²) in [6.07, 6.45) is 0. The normalized spacial score (nSPS) is 12.7. The Morgan fingerprint density at radius 2 is 0.765 bits per heavy atom. The highest BCUT2D eigenvalue weighted by molar-refractivity contribution is 6.23. The molecule has 0 aliphatic heterocycles. The van der Waals surface area contributed by atoms with Gasteiger partial charge in [-0.05, 0) is 148 Å². The van der Waals surface area contributed by atoms with E-state index in [0.717, 1.165) is 155 Å². The number of para-hydroxylation sites is 6. The molecule has 0 saturated carbocycles. The first-order valence-electron chi connectivity index (χ1n) is 28.4. The molecule has 15 aromatic rings. The van der Waals surface area contributed by atoms with Crippen LogP contribution in [-0.4, -0.2) is 0 Å². The fraction of sp³-hybridized carbons (Fsp3) is 0.173. The smallest absolute Gasteiger partial charge is 0.178 e. The van der Waals surface area contributed by atoms with Crippen molar-refractivity contribution < 1.29 is 17.7 Å². The molecule has 0 radical (unpaired) electrons. The Hall–Kier alpha value is -9.26. The minimum absolute atomic E-state index is 0.0898. The number of rotatable bonds is 7. The number of furan rings is 4. The van der Waals surface area contributed by atoms with Crippen LogP contribution in [0.1, 0.15) is 89.1 Å². The zero-order valence-electron chi connectivity index (χ0n) is 47.5. The first kappa shape index (κ1) is 48.8. The fourth-order valence-electron chi connectivity index (χ4n) is 13.0. The van der Waals surface area contributed by atoms with Crippen molar-refractivity contribution in [1.82, 2.24) is 0 Å². The van der Waals surface area contributed by atoms with E-state index in [1.165, 1.54) is 16.7 Å². The molecule has 0 atom stereocenters. The van der Waals surface area contributed by atoms with Crippen LogP contribution in [-0.2, 0) is 10.8 Å². The van der Waals surface area contributed by atoms with Crippen molar-refractivity contribution in [3.05, 3.63) is 216 Å². The van der Waals surface area contributed by atoms with Gasteiger partial charge >= 0.3 is 0 Å². The molecule has 0 spiro atoms. The highest BCUT2D eigenvalue weighted by atomic mass is 16.4. The molecule has 11 aromatic carbocycles. The standard InChI is InChI=1S/C75H62N2O4/c1-42(2)55-41-57-56-37-45-31-33-49(76(61-27-13-11-19-43(61)3)63-29-17-23-53-51-21-15-25-59(74(5,6)7)68(51)80-70(53)63)35-47(45)39-65(56)78-72(57)73-67(55)58-38-46-32-34-50(36-48(46)40-66(58)79-73)77(62-28-14-12-20-44(62)4)64-30-18-24-54-52-22-16-26-60(75(8,9)10)69(52)81-71(54)64/h11-42H,1-10H3. The predicted octanol–water partition coefficient (Wildman–Crippen LogP) is 22.9. The second kappa shape index (κ2) is 17.6. The zero-order valence-corrected chi connectivity index (χ0v) is 47.5. The number of aryl methyl sites for hydroxylation is 2. The molecule has 0 fully saturated rings. The van der Waals surface area contributed by atoms with E-state index in [1.807, 2.05) is 0 Å². The van der Waals surface area contributed by atoms with Gasteiger partial charge < -0.3 is 27.5 Å². The summed E-state index contributed by atoms with van der Waals surface area (Å²) in [6, 6.07) is 68.2. The summed E-state index contributed by atoms with van der Waals surface area (Å²) in [4.78, 5) is 4.70. The maximum absolute atomic E-state index is 7.12. The number of hydrogen-bond donors (Lipinski definition) is 0. The van der Waals surface area contributed by atoms with E-state index in [9.17, 15) is 0 Å². The molecule has 0 aliphatic rings. The van der Waals surface area contributed by atoms with Gasteiger partial charge in [0, 0.05) is 77.0 Å². The lowest BCUT2D eigenvalue weighted by atomic mass is 9.86. The molecular formula is C75H62N2O4. The molecule has 396 valence electrons. The third kappa shape index (κ3) is 7.53. The number of fused-ring (bicyclic) bond motifs is 15. The number of nitrogens with zero attached hydrogens (tertiary/aromatic N) is 2. The fourth-order valence-corrected chi connectivity index (χ4v) is 13.0. The van der Waals surface area contributed by atoms with E-state index in [0.29, 0.717) is 0 Å². The van der Waals surface area contributed by atoms with Gasteiger partial charge in [-0.3, -0.25) is 0 Å². The molecule has 0 unspecified atom stereocenters. The summed E-state index contributed by atoms with van der Waals surface area (Å²) >= 11 is 0. The minimum Gasteiger partial charge on any atom is -0.454 e. The van der Waals surface area contributed by atoms with E-state index < -0.39 is 0 Å². The summed E-state index contributed by atoms with van der Waals surface area (Å²) in [6.45, 7) is 22.4. The molecular weight excluding hydrogens is 993 g/mol. The number of benzene rings is 11. The van der Waals surface area contributed by atoms with Gasteiger partial charge in [0.1, 0.15) is 22.3 Å².